The van der Waals surface area contributed by atoms with Gasteiger partial charge in [0.1, 0.15) is 5.75 Å². The predicted octanol–water partition coefficient (Wildman–Crippen LogP) is 6.62. The first kappa shape index (κ1) is 22.6. The van der Waals surface area contributed by atoms with Gasteiger partial charge in [-0.15, -0.1) is 12.6 Å². The van der Waals surface area contributed by atoms with Crippen LogP contribution in [0, 0.1) is 17.8 Å². The predicted molar refractivity (Wildman–Crippen MR) is 126 cm³/mol. The van der Waals surface area contributed by atoms with Gasteiger partial charge in [0.15, 0.2) is 0 Å². The average molecular weight is 434 g/mol. The Hall–Kier alpha value is -1.04. The molecular formula is C24H35NO2S2. The zero-order chi connectivity index (χ0) is 20.6. The lowest BCUT2D eigenvalue weighted by atomic mass is 9.97. The fourth-order valence-corrected chi connectivity index (χ4v) is 5.13. The van der Waals surface area contributed by atoms with Crippen molar-refractivity contribution in [2.24, 2.45) is 17.8 Å². The number of rotatable bonds is 9. The second-order valence-corrected chi connectivity index (χ2v) is 10.0. The number of allylic oxidation sites excluding steroid dienone is 3. The minimum atomic E-state index is 0.587. The summed E-state index contributed by atoms with van der Waals surface area (Å²) in [6, 6.07) is 6.34. The van der Waals surface area contributed by atoms with E-state index in [4.69, 9.17) is 22.1 Å². The van der Waals surface area contributed by atoms with Crippen LogP contribution in [0.4, 0.5) is 0 Å². The average Bonchev–Trinajstić information content (AvgIpc) is 2.73. The first-order valence-electron chi connectivity index (χ1n) is 10.9. The van der Waals surface area contributed by atoms with Gasteiger partial charge < -0.3 is 13.8 Å². The van der Waals surface area contributed by atoms with E-state index in [1.54, 1.807) is 11.9 Å². The summed E-state index contributed by atoms with van der Waals surface area (Å²) in [5, 5.41) is 0. The van der Waals surface area contributed by atoms with Gasteiger partial charge in [-0.2, -0.15) is 0 Å². The van der Waals surface area contributed by atoms with Crippen molar-refractivity contribution < 1.29 is 9.47 Å². The molecule has 1 aliphatic heterocycles. The molecule has 0 radical (unpaired) electrons. The number of benzene rings is 1. The molecule has 0 aromatic heterocycles. The summed E-state index contributed by atoms with van der Waals surface area (Å²) in [5.41, 5.74) is 1.31. The van der Waals surface area contributed by atoms with Crippen LogP contribution in [0.15, 0.2) is 51.9 Å². The lowest BCUT2D eigenvalue weighted by molar-refractivity contribution is 0.0493. The van der Waals surface area contributed by atoms with Crippen molar-refractivity contribution >= 4 is 24.6 Å². The number of ether oxygens (including phenoxy) is 2. The summed E-state index contributed by atoms with van der Waals surface area (Å²) >= 11 is 6.49. The molecule has 1 unspecified atom stereocenters. The molecule has 1 saturated heterocycles. The van der Waals surface area contributed by atoms with Crippen molar-refractivity contribution in [3.8, 4) is 5.75 Å². The van der Waals surface area contributed by atoms with E-state index in [1.807, 2.05) is 0 Å². The molecule has 1 heterocycles. The molecule has 3 rings (SSSR count). The van der Waals surface area contributed by atoms with Crippen molar-refractivity contribution in [2.75, 3.05) is 26.4 Å². The van der Waals surface area contributed by atoms with Gasteiger partial charge in [-0.3, -0.25) is 0 Å². The summed E-state index contributed by atoms with van der Waals surface area (Å²) in [4.78, 5) is 2.10. The van der Waals surface area contributed by atoms with Crippen molar-refractivity contribution in [3.63, 3.8) is 0 Å². The highest BCUT2D eigenvalue weighted by atomic mass is 32.2. The molecule has 1 aromatic carbocycles. The third-order valence-corrected chi connectivity index (χ3v) is 6.87. The second-order valence-electron chi connectivity index (χ2n) is 8.43. The summed E-state index contributed by atoms with van der Waals surface area (Å²) in [7, 11) is 0. The molecule has 0 spiro atoms. The Morgan fingerprint density at radius 1 is 1.28 bits per heavy atom. The first-order chi connectivity index (χ1) is 14.0. The highest BCUT2D eigenvalue weighted by Crippen LogP contribution is 2.35. The van der Waals surface area contributed by atoms with Gasteiger partial charge in [0, 0.05) is 35.2 Å². The van der Waals surface area contributed by atoms with Crippen LogP contribution in [0.3, 0.4) is 0 Å². The molecule has 2 aliphatic rings. The summed E-state index contributed by atoms with van der Waals surface area (Å²) in [6.07, 6.45) is 11.5. The number of hydrogen-bond acceptors (Lipinski definition) is 5. The molecule has 5 heteroatoms. The van der Waals surface area contributed by atoms with E-state index in [2.05, 4.69) is 61.5 Å². The van der Waals surface area contributed by atoms with Gasteiger partial charge in [0.25, 0.3) is 0 Å². The Morgan fingerprint density at radius 2 is 2.07 bits per heavy atom. The zero-order valence-corrected chi connectivity index (χ0v) is 19.7. The Labute approximate surface area is 186 Å². The molecular weight excluding hydrogens is 398 g/mol. The summed E-state index contributed by atoms with van der Waals surface area (Å²) in [6.45, 7) is 10.3. The van der Waals surface area contributed by atoms with Crippen LogP contribution in [0.1, 0.15) is 46.5 Å². The topological polar surface area (TPSA) is 21.7 Å². The maximum absolute atomic E-state index is 6.06. The van der Waals surface area contributed by atoms with Crippen LogP contribution in [0.25, 0.3) is 0 Å². The standard InChI is InChI=1S/C24H35NO2S2/c1-4-19-5-7-21(8-6-19)25(16-18(2)3)29-22-9-10-23(24(28)15-22)27-17-20-11-13-26-14-12-20/h5,7-10,15,18-20,28H,4,6,11-14,16-17H2,1-3H3. The lowest BCUT2D eigenvalue weighted by Crippen LogP contribution is -2.21. The summed E-state index contributed by atoms with van der Waals surface area (Å²) < 4.78 is 13.9. The second kappa shape index (κ2) is 11.4. The van der Waals surface area contributed by atoms with E-state index in [1.165, 1.54) is 17.0 Å². The van der Waals surface area contributed by atoms with Gasteiger partial charge in [0.05, 0.1) is 6.61 Å². The highest BCUT2D eigenvalue weighted by Gasteiger charge is 2.17. The Morgan fingerprint density at radius 3 is 2.69 bits per heavy atom. The van der Waals surface area contributed by atoms with Crippen LogP contribution in [-0.2, 0) is 4.74 Å². The van der Waals surface area contributed by atoms with Crippen LogP contribution >= 0.6 is 24.6 Å². The molecule has 0 N–H and O–H groups in total. The van der Waals surface area contributed by atoms with Crippen LogP contribution in [0.2, 0.25) is 0 Å². The van der Waals surface area contributed by atoms with Gasteiger partial charge >= 0.3 is 0 Å². The zero-order valence-electron chi connectivity index (χ0n) is 18.0. The normalized spacial score (nSPS) is 20.0. The Kier molecular flexibility index (Phi) is 8.88. The molecule has 1 aromatic rings. The molecule has 1 fully saturated rings. The summed E-state index contributed by atoms with van der Waals surface area (Å²) in [5.74, 6) is 2.74. The number of nitrogens with zero attached hydrogens (tertiary/aromatic N) is 1. The molecule has 0 saturated carbocycles. The lowest BCUT2D eigenvalue weighted by Gasteiger charge is -2.29. The maximum atomic E-state index is 6.06. The molecule has 29 heavy (non-hydrogen) atoms. The van der Waals surface area contributed by atoms with E-state index >= 15 is 0 Å². The molecule has 0 amide bonds. The van der Waals surface area contributed by atoms with Crippen molar-refractivity contribution in [3.05, 3.63) is 42.1 Å². The fourth-order valence-electron chi connectivity index (χ4n) is 3.59. The maximum Gasteiger partial charge on any atom is 0.132 e. The molecule has 3 nitrogen and oxygen atoms in total. The van der Waals surface area contributed by atoms with E-state index < -0.39 is 0 Å². The molecule has 160 valence electrons. The quantitative estimate of drug-likeness (QED) is 0.349. The van der Waals surface area contributed by atoms with Gasteiger partial charge in [-0.25, -0.2) is 0 Å². The SMILES string of the molecule is CCC1C=CC(N(CC(C)C)Sc2ccc(OCC3CCOCC3)c(S)c2)=CC1. The van der Waals surface area contributed by atoms with Crippen LogP contribution in [-0.4, -0.2) is 30.7 Å². The largest absolute Gasteiger partial charge is 0.492 e. The third-order valence-electron chi connectivity index (χ3n) is 5.47. The van der Waals surface area contributed by atoms with Crippen molar-refractivity contribution in [1.29, 1.82) is 0 Å². The Balaban J connectivity index is 1.62. The van der Waals surface area contributed by atoms with Crippen LogP contribution < -0.4 is 4.74 Å². The molecule has 1 aliphatic carbocycles. The first-order valence-corrected chi connectivity index (χ1v) is 12.1. The Bertz CT molecular complexity index is 711. The molecule has 1 atom stereocenters. The van der Waals surface area contributed by atoms with E-state index in [0.29, 0.717) is 17.8 Å². The number of hydrogen-bond donors (Lipinski definition) is 1. The third kappa shape index (κ3) is 7.01. The fraction of sp³-hybridized carbons (Fsp3) is 0.583. The van der Waals surface area contributed by atoms with E-state index in [-0.39, 0.29) is 0 Å². The van der Waals surface area contributed by atoms with Gasteiger partial charge in [0.2, 0.25) is 0 Å². The molecule has 0 bridgehead atoms. The van der Waals surface area contributed by atoms with Crippen molar-refractivity contribution in [2.45, 2.75) is 56.2 Å². The monoisotopic (exact) mass is 433 g/mol. The highest BCUT2D eigenvalue weighted by molar-refractivity contribution is 7.97. The van der Waals surface area contributed by atoms with E-state index in [9.17, 15) is 0 Å². The van der Waals surface area contributed by atoms with Crippen molar-refractivity contribution in [1.82, 2.24) is 4.31 Å². The number of thiol groups is 1. The smallest absolute Gasteiger partial charge is 0.132 e. The van der Waals surface area contributed by atoms with Gasteiger partial charge in [-0.1, -0.05) is 32.9 Å². The minimum Gasteiger partial charge on any atom is -0.492 e. The van der Waals surface area contributed by atoms with Crippen LogP contribution in [0.5, 0.6) is 5.75 Å². The van der Waals surface area contributed by atoms with E-state index in [0.717, 1.165) is 56.3 Å². The minimum absolute atomic E-state index is 0.587. The van der Waals surface area contributed by atoms with Gasteiger partial charge in [-0.05, 0) is 79.7 Å².